The molecule has 2 amide bonds. The lowest BCUT2D eigenvalue weighted by molar-refractivity contribution is -0.139. The third-order valence-corrected chi connectivity index (χ3v) is 3.34. The van der Waals surface area contributed by atoms with Crippen molar-refractivity contribution >= 4 is 40.4 Å². The molecule has 0 fully saturated rings. The summed E-state index contributed by atoms with van der Waals surface area (Å²) in [7, 11) is 0. The monoisotopic (exact) mass is 376 g/mol. The van der Waals surface area contributed by atoms with Gasteiger partial charge in [0.25, 0.3) is 5.91 Å². The number of halogens is 1. The van der Waals surface area contributed by atoms with Gasteiger partial charge in [-0.15, -0.1) is 0 Å². The number of rotatable bonds is 6. The van der Waals surface area contributed by atoms with Crippen LogP contribution in [0.4, 0.5) is 0 Å². The van der Waals surface area contributed by atoms with Crippen LogP contribution in [0.5, 0.6) is 0 Å². The Labute approximate surface area is 123 Å². The van der Waals surface area contributed by atoms with E-state index in [1.807, 2.05) is 22.6 Å². The Morgan fingerprint density at radius 2 is 1.95 bits per heavy atom. The number of carbonyl (C=O) groups excluding carboxylic acids is 2. The minimum absolute atomic E-state index is 0.0280. The molecule has 0 spiro atoms. The molecule has 19 heavy (non-hydrogen) atoms. The fourth-order valence-electron chi connectivity index (χ4n) is 1.43. The predicted molar refractivity (Wildman–Crippen MR) is 76.5 cm³/mol. The molecule has 4 N–H and O–H groups in total. The molecule has 102 valence electrons. The third-order valence-electron chi connectivity index (χ3n) is 2.40. The Kier molecular flexibility index (Phi) is 5.74. The SMILES string of the molecule is NC(=O)CCC(NC(=O)c1ccccc1I)C(=O)O. The van der Waals surface area contributed by atoms with Gasteiger partial charge in [-0.2, -0.15) is 0 Å². The van der Waals surface area contributed by atoms with Crippen LogP contribution in [0.15, 0.2) is 24.3 Å². The fraction of sp³-hybridized carbons (Fsp3) is 0.250. The Morgan fingerprint density at radius 1 is 1.32 bits per heavy atom. The molecule has 1 atom stereocenters. The van der Waals surface area contributed by atoms with Crippen LogP contribution in [-0.2, 0) is 9.59 Å². The number of primary amides is 1. The Bertz CT molecular complexity index is 504. The molecule has 1 aromatic rings. The van der Waals surface area contributed by atoms with Crippen molar-refractivity contribution in [1.82, 2.24) is 5.32 Å². The van der Waals surface area contributed by atoms with Gasteiger partial charge in [-0.05, 0) is 41.1 Å². The van der Waals surface area contributed by atoms with Crippen LogP contribution in [0.3, 0.4) is 0 Å². The summed E-state index contributed by atoms with van der Waals surface area (Å²) >= 11 is 1.99. The Hall–Kier alpha value is -1.64. The van der Waals surface area contributed by atoms with E-state index in [2.05, 4.69) is 5.32 Å². The summed E-state index contributed by atoms with van der Waals surface area (Å²) in [6.45, 7) is 0. The summed E-state index contributed by atoms with van der Waals surface area (Å²) in [6, 6.07) is 5.69. The zero-order valence-electron chi connectivity index (χ0n) is 9.93. The van der Waals surface area contributed by atoms with Crippen molar-refractivity contribution in [2.24, 2.45) is 5.73 Å². The van der Waals surface area contributed by atoms with Gasteiger partial charge in [0.05, 0.1) is 5.56 Å². The van der Waals surface area contributed by atoms with Gasteiger partial charge in [0.1, 0.15) is 6.04 Å². The van der Waals surface area contributed by atoms with Crippen LogP contribution in [0.1, 0.15) is 23.2 Å². The number of carbonyl (C=O) groups is 3. The van der Waals surface area contributed by atoms with Crippen molar-refractivity contribution in [3.8, 4) is 0 Å². The quantitative estimate of drug-likeness (QED) is 0.637. The van der Waals surface area contributed by atoms with Crippen molar-refractivity contribution in [3.05, 3.63) is 33.4 Å². The van der Waals surface area contributed by atoms with Crippen molar-refractivity contribution in [2.45, 2.75) is 18.9 Å². The van der Waals surface area contributed by atoms with Gasteiger partial charge in [0, 0.05) is 9.99 Å². The van der Waals surface area contributed by atoms with E-state index in [9.17, 15) is 14.4 Å². The van der Waals surface area contributed by atoms with Gasteiger partial charge in [-0.25, -0.2) is 4.79 Å². The average molecular weight is 376 g/mol. The number of nitrogens with two attached hydrogens (primary N) is 1. The number of hydrogen-bond donors (Lipinski definition) is 3. The lowest BCUT2D eigenvalue weighted by Crippen LogP contribution is -2.41. The summed E-state index contributed by atoms with van der Waals surface area (Å²) in [5, 5.41) is 11.4. The van der Waals surface area contributed by atoms with Gasteiger partial charge in [0.15, 0.2) is 0 Å². The highest BCUT2D eigenvalue weighted by Gasteiger charge is 2.21. The molecule has 1 rings (SSSR count). The molecule has 7 heteroatoms. The second-order valence-corrected chi connectivity index (χ2v) is 5.01. The number of amides is 2. The molecule has 0 aromatic heterocycles. The molecule has 0 bridgehead atoms. The normalized spacial score (nSPS) is 11.6. The molecule has 0 aliphatic carbocycles. The van der Waals surface area contributed by atoms with Crippen LogP contribution in [0, 0.1) is 3.57 Å². The smallest absolute Gasteiger partial charge is 0.326 e. The number of carboxylic acids is 1. The van der Waals surface area contributed by atoms with E-state index < -0.39 is 23.8 Å². The van der Waals surface area contributed by atoms with Crippen molar-refractivity contribution < 1.29 is 19.5 Å². The third kappa shape index (κ3) is 4.86. The van der Waals surface area contributed by atoms with Gasteiger partial charge >= 0.3 is 5.97 Å². The van der Waals surface area contributed by atoms with Crippen molar-refractivity contribution in [1.29, 1.82) is 0 Å². The highest BCUT2D eigenvalue weighted by atomic mass is 127. The molecule has 0 saturated heterocycles. The maximum absolute atomic E-state index is 11.9. The summed E-state index contributed by atoms with van der Waals surface area (Å²) in [6.07, 6.45) is -0.122. The summed E-state index contributed by atoms with van der Waals surface area (Å²) in [5.41, 5.74) is 5.36. The molecular weight excluding hydrogens is 363 g/mol. The standard InChI is InChI=1S/C12H13IN2O4/c13-8-4-2-1-3-7(8)11(17)15-9(12(18)19)5-6-10(14)16/h1-4,9H,5-6H2,(H2,14,16)(H,15,17)(H,18,19). The van der Waals surface area contributed by atoms with Crippen LogP contribution >= 0.6 is 22.6 Å². The fourth-order valence-corrected chi connectivity index (χ4v) is 2.06. The van der Waals surface area contributed by atoms with E-state index in [1.165, 1.54) is 0 Å². The first-order valence-electron chi connectivity index (χ1n) is 5.48. The first kappa shape index (κ1) is 15.4. The van der Waals surface area contributed by atoms with E-state index in [4.69, 9.17) is 10.8 Å². The molecular formula is C12H13IN2O4. The molecule has 0 saturated carbocycles. The van der Waals surface area contributed by atoms with E-state index in [0.29, 0.717) is 5.56 Å². The minimum Gasteiger partial charge on any atom is -0.480 e. The van der Waals surface area contributed by atoms with E-state index >= 15 is 0 Å². The molecule has 0 radical (unpaired) electrons. The van der Waals surface area contributed by atoms with Crippen LogP contribution in [-0.4, -0.2) is 28.9 Å². The molecule has 6 nitrogen and oxygen atoms in total. The highest BCUT2D eigenvalue weighted by molar-refractivity contribution is 14.1. The average Bonchev–Trinajstić information content (AvgIpc) is 2.34. The lowest BCUT2D eigenvalue weighted by atomic mass is 10.1. The van der Waals surface area contributed by atoms with E-state index in [-0.39, 0.29) is 12.8 Å². The highest BCUT2D eigenvalue weighted by Crippen LogP contribution is 2.11. The minimum atomic E-state index is -1.19. The largest absolute Gasteiger partial charge is 0.480 e. The number of nitrogens with one attached hydrogen (secondary N) is 1. The number of hydrogen-bond acceptors (Lipinski definition) is 3. The van der Waals surface area contributed by atoms with Crippen molar-refractivity contribution in [3.63, 3.8) is 0 Å². The maximum atomic E-state index is 11.9. The van der Waals surface area contributed by atoms with Gasteiger partial charge in [-0.1, -0.05) is 12.1 Å². The summed E-state index contributed by atoms with van der Waals surface area (Å²) in [4.78, 5) is 33.6. The predicted octanol–water partition coefficient (Wildman–Crippen LogP) is 0.740. The van der Waals surface area contributed by atoms with Crippen molar-refractivity contribution in [2.75, 3.05) is 0 Å². The van der Waals surface area contributed by atoms with E-state index in [1.54, 1.807) is 24.3 Å². The molecule has 1 aromatic carbocycles. The number of aliphatic carboxylic acids is 1. The number of benzene rings is 1. The Balaban J connectivity index is 2.74. The second-order valence-electron chi connectivity index (χ2n) is 3.85. The van der Waals surface area contributed by atoms with Crippen LogP contribution < -0.4 is 11.1 Å². The topological polar surface area (TPSA) is 109 Å². The molecule has 0 aliphatic heterocycles. The van der Waals surface area contributed by atoms with Gasteiger partial charge in [0.2, 0.25) is 5.91 Å². The number of carboxylic acid groups (broad SMARTS) is 1. The Morgan fingerprint density at radius 3 is 2.47 bits per heavy atom. The second kappa shape index (κ2) is 7.07. The summed E-state index contributed by atoms with van der Waals surface area (Å²) < 4.78 is 0.719. The lowest BCUT2D eigenvalue weighted by Gasteiger charge is -2.14. The van der Waals surface area contributed by atoms with Crippen LogP contribution in [0.2, 0.25) is 0 Å². The zero-order valence-corrected chi connectivity index (χ0v) is 12.1. The first-order chi connectivity index (χ1) is 8.91. The van der Waals surface area contributed by atoms with E-state index in [0.717, 1.165) is 3.57 Å². The summed E-state index contributed by atoms with van der Waals surface area (Å²) in [5.74, 6) is -2.28. The zero-order chi connectivity index (χ0) is 14.4. The van der Waals surface area contributed by atoms with Gasteiger partial charge < -0.3 is 16.2 Å². The molecule has 0 heterocycles. The maximum Gasteiger partial charge on any atom is 0.326 e. The first-order valence-corrected chi connectivity index (χ1v) is 6.56. The van der Waals surface area contributed by atoms with Crippen LogP contribution in [0.25, 0.3) is 0 Å². The molecule has 0 aliphatic rings. The van der Waals surface area contributed by atoms with Gasteiger partial charge in [-0.3, -0.25) is 9.59 Å². The molecule has 1 unspecified atom stereocenters.